The van der Waals surface area contributed by atoms with E-state index in [4.69, 9.17) is 10.8 Å². The van der Waals surface area contributed by atoms with Crippen LogP contribution in [-0.4, -0.2) is 58.6 Å². The minimum atomic E-state index is -1.19. The van der Waals surface area contributed by atoms with Gasteiger partial charge in [-0.2, -0.15) is 0 Å². The molecule has 0 aliphatic rings. The van der Waals surface area contributed by atoms with E-state index < -0.39 is 48.4 Å². The van der Waals surface area contributed by atoms with E-state index in [-0.39, 0.29) is 18.1 Å². The number of aromatic hydroxyl groups is 1. The Bertz CT molecular complexity index is 735. The molecule has 10 nitrogen and oxygen atoms in total. The molecule has 1 aromatic rings. The van der Waals surface area contributed by atoms with E-state index in [2.05, 4.69) is 16.0 Å². The molecule has 0 aromatic heterocycles. The zero-order chi connectivity index (χ0) is 22.1. The van der Waals surface area contributed by atoms with Crippen LogP contribution < -0.4 is 21.7 Å². The van der Waals surface area contributed by atoms with Crippen molar-refractivity contribution >= 4 is 23.7 Å². The van der Waals surface area contributed by atoms with Gasteiger partial charge in [0.25, 0.3) is 0 Å². The molecule has 0 fully saturated rings. The maximum Gasteiger partial charge on any atom is 0.325 e. The molecule has 0 saturated carbocycles. The van der Waals surface area contributed by atoms with E-state index in [9.17, 15) is 24.3 Å². The third-order valence-electron chi connectivity index (χ3n) is 4.15. The fraction of sp³-hybridized carbons (Fsp3) is 0.474. The summed E-state index contributed by atoms with van der Waals surface area (Å²) in [5.74, 6) is -3.14. The Kier molecular flexibility index (Phi) is 9.07. The van der Waals surface area contributed by atoms with Gasteiger partial charge in [-0.25, -0.2) is 0 Å². The predicted molar refractivity (Wildman–Crippen MR) is 105 cm³/mol. The van der Waals surface area contributed by atoms with Gasteiger partial charge in [0, 0.05) is 0 Å². The lowest BCUT2D eigenvalue weighted by Crippen LogP contribution is -2.55. The summed E-state index contributed by atoms with van der Waals surface area (Å²) in [6.07, 6.45) is 0.216. The maximum atomic E-state index is 12.4. The molecular formula is C19H28N4O6. The van der Waals surface area contributed by atoms with Gasteiger partial charge >= 0.3 is 5.97 Å². The minimum Gasteiger partial charge on any atom is -0.508 e. The van der Waals surface area contributed by atoms with Crippen LogP contribution in [0.3, 0.4) is 0 Å². The second kappa shape index (κ2) is 11.0. The van der Waals surface area contributed by atoms with Crippen molar-refractivity contribution in [2.45, 2.75) is 45.3 Å². The van der Waals surface area contributed by atoms with E-state index in [0.29, 0.717) is 0 Å². The van der Waals surface area contributed by atoms with Crippen molar-refractivity contribution < 1.29 is 29.4 Å². The van der Waals surface area contributed by atoms with E-state index >= 15 is 0 Å². The number of benzene rings is 1. The SMILES string of the molecule is CC(NC(=O)CNC(=O)C(NC(=O)C(N)Cc1ccc(O)cc1)C(C)C)C(=O)O. The fourth-order valence-electron chi connectivity index (χ4n) is 2.41. The number of phenols is 1. The smallest absolute Gasteiger partial charge is 0.325 e. The Morgan fingerprint density at radius 3 is 2.10 bits per heavy atom. The number of carboxylic acid groups (broad SMARTS) is 1. The highest BCUT2D eigenvalue weighted by Crippen LogP contribution is 2.11. The van der Waals surface area contributed by atoms with Gasteiger partial charge < -0.3 is 31.9 Å². The molecule has 1 aromatic carbocycles. The van der Waals surface area contributed by atoms with Crippen molar-refractivity contribution in [3.8, 4) is 5.75 Å². The summed E-state index contributed by atoms with van der Waals surface area (Å²) in [5, 5.41) is 25.2. The second-order valence-corrected chi connectivity index (χ2v) is 7.05. The van der Waals surface area contributed by atoms with Gasteiger partial charge in [-0.3, -0.25) is 19.2 Å². The number of carbonyl (C=O) groups is 4. The zero-order valence-electron chi connectivity index (χ0n) is 16.6. The van der Waals surface area contributed by atoms with Gasteiger partial charge in [0.15, 0.2) is 0 Å². The number of hydrogen-bond acceptors (Lipinski definition) is 6. The maximum absolute atomic E-state index is 12.4. The van der Waals surface area contributed by atoms with Gasteiger partial charge in [0.1, 0.15) is 17.8 Å². The van der Waals surface area contributed by atoms with E-state index in [0.717, 1.165) is 5.56 Å². The van der Waals surface area contributed by atoms with E-state index in [1.807, 2.05) is 0 Å². The first-order valence-corrected chi connectivity index (χ1v) is 9.15. The van der Waals surface area contributed by atoms with Crippen molar-refractivity contribution in [1.82, 2.24) is 16.0 Å². The van der Waals surface area contributed by atoms with Crippen LogP contribution in [0.5, 0.6) is 5.75 Å². The topological polar surface area (TPSA) is 171 Å². The Balaban J connectivity index is 2.60. The number of nitrogens with one attached hydrogen (secondary N) is 3. The number of carbonyl (C=O) groups excluding carboxylic acids is 3. The van der Waals surface area contributed by atoms with E-state index in [1.54, 1.807) is 26.0 Å². The first kappa shape index (κ1) is 23.9. The highest BCUT2D eigenvalue weighted by Gasteiger charge is 2.27. The average Bonchev–Trinajstić information content (AvgIpc) is 2.65. The first-order chi connectivity index (χ1) is 13.5. The molecule has 0 radical (unpaired) electrons. The molecule has 0 bridgehead atoms. The third-order valence-corrected chi connectivity index (χ3v) is 4.15. The summed E-state index contributed by atoms with van der Waals surface area (Å²) in [5.41, 5.74) is 6.67. The monoisotopic (exact) mass is 408 g/mol. The van der Waals surface area contributed by atoms with Gasteiger partial charge in [0.05, 0.1) is 12.6 Å². The van der Waals surface area contributed by atoms with Crippen LogP contribution in [0.15, 0.2) is 24.3 Å². The number of hydrogen-bond donors (Lipinski definition) is 6. The molecular weight excluding hydrogens is 380 g/mol. The average molecular weight is 408 g/mol. The summed E-state index contributed by atoms with van der Waals surface area (Å²) in [7, 11) is 0. The number of amides is 3. The molecule has 29 heavy (non-hydrogen) atoms. The standard InChI is InChI=1S/C19H28N4O6/c1-10(2)16(18(27)21-9-15(25)22-11(3)19(28)29)23-17(26)14(20)8-12-4-6-13(24)7-5-12/h4-7,10-11,14,16,24H,8-9,20H2,1-3H3,(H,21,27)(H,22,25)(H,23,26)(H,28,29). The molecule has 10 heteroatoms. The number of rotatable bonds is 10. The number of carboxylic acids is 1. The van der Waals surface area contributed by atoms with Crippen molar-refractivity contribution in [3.63, 3.8) is 0 Å². The summed E-state index contributed by atoms with van der Waals surface area (Å²) in [6.45, 7) is 4.33. The fourth-order valence-corrected chi connectivity index (χ4v) is 2.41. The van der Waals surface area contributed by atoms with Gasteiger partial charge in [-0.15, -0.1) is 0 Å². The zero-order valence-corrected chi connectivity index (χ0v) is 16.6. The van der Waals surface area contributed by atoms with Crippen LogP contribution in [0.2, 0.25) is 0 Å². The number of aliphatic carboxylic acids is 1. The van der Waals surface area contributed by atoms with Crippen molar-refractivity contribution in [2.24, 2.45) is 11.7 Å². The van der Waals surface area contributed by atoms with Crippen LogP contribution in [0.25, 0.3) is 0 Å². The molecule has 3 unspecified atom stereocenters. The van der Waals surface area contributed by atoms with Gasteiger partial charge in [0.2, 0.25) is 17.7 Å². The lowest BCUT2D eigenvalue weighted by atomic mass is 10.0. The molecule has 7 N–H and O–H groups in total. The lowest BCUT2D eigenvalue weighted by molar-refractivity contribution is -0.141. The molecule has 3 amide bonds. The summed E-state index contributed by atoms with van der Waals surface area (Å²) >= 11 is 0. The van der Waals surface area contributed by atoms with Crippen LogP contribution in [0, 0.1) is 5.92 Å². The first-order valence-electron chi connectivity index (χ1n) is 9.15. The molecule has 0 heterocycles. The van der Waals surface area contributed by atoms with Crippen molar-refractivity contribution in [2.75, 3.05) is 6.54 Å². The van der Waals surface area contributed by atoms with Crippen LogP contribution in [-0.2, 0) is 25.6 Å². The second-order valence-electron chi connectivity index (χ2n) is 7.05. The largest absolute Gasteiger partial charge is 0.508 e. The molecule has 1 rings (SSSR count). The van der Waals surface area contributed by atoms with Crippen molar-refractivity contribution in [3.05, 3.63) is 29.8 Å². The summed E-state index contributed by atoms with van der Waals surface area (Å²) in [4.78, 5) is 47.2. The quantitative estimate of drug-likeness (QED) is 0.291. The molecule has 3 atom stereocenters. The number of phenolic OH excluding ortho intramolecular Hbond substituents is 1. The lowest BCUT2D eigenvalue weighted by Gasteiger charge is -2.23. The van der Waals surface area contributed by atoms with Gasteiger partial charge in [-0.1, -0.05) is 26.0 Å². The molecule has 160 valence electrons. The van der Waals surface area contributed by atoms with Gasteiger partial charge in [-0.05, 0) is 37.0 Å². The normalized spacial score (nSPS) is 13.8. The summed E-state index contributed by atoms with van der Waals surface area (Å²) < 4.78 is 0. The Morgan fingerprint density at radius 1 is 1.00 bits per heavy atom. The number of nitrogens with two attached hydrogens (primary N) is 1. The van der Waals surface area contributed by atoms with Crippen LogP contribution in [0.4, 0.5) is 0 Å². The highest BCUT2D eigenvalue weighted by atomic mass is 16.4. The Morgan fingerprint density at radius 2 is 1.59 bits per heavy atom. The Labute approximate surface area is 168 Å². The van der Waals surface area contributed by atoms with E-state index in [1.165, 1.54) is 19.1 Å². The summed E-state index contributed by atoms with van der Waals surface area (Å²) in [6, 6.07) is 3.35. The molecule has 0 aliphatic carbocycles. The van der Waals surface area contributed by atoms with Crippen LogP contribution >= 0.6 is 0 Å². The third kappa shape index (κ3) is 8.18. The molecule has 0 aliphatic heterocycles. The highest BCUT2D eigenvalue weighted by molar-refractivity contribution is 5.92. The van der Waals surface area contributed by atoms with Crippen LogP contribution in [0.1, 0.15) is 26.3 Å². The predicted octanol–water partition coefficient (Wildman–Crippen LogP) is -0.892. The van der Waals surface area contributed by atoms with Crippen molar-refractivity contribution in [1.29, 1.82) is 0 Å². The molecule has 0 spiro atoms. The minimum absolute atomic E-state index is 0.102. The molecule has 0 saturated heterocycles. The Hall–Kier alpha value is -3.14.